The summed E-state index contributed by atoms with van der Waals surface area (Å²) >= 11 is 3.41. The van der Waals surface area contributed by atoms with Crippen LogP contribution in [0.2, 0.25) is 0 Å². The van der Waals surface area contributed by atoms with Gasteiger partial charge >= 0.3 is 0 Å². The first-order chi connectivity index (χ1) is 16.6. The summed E-state index contributed by atoms with van der Waals surface area (Å²) in [6.45, 7) is 0. The van der Waals surface area contributed by atoms with E-state index in [0.717, 1.165) is 60.0 Å². The van der Waals surface area contributed by atoms with Crippen LogP contribution >= 0.6 is 23.5 Å². The van der Waals surface area contributed by atoms with Crippen molar-refractivity contribution in [2.75, 3.05) is 24.0 Å². The first-order valence-electron chi connectivity index (χ1n) is 12.2. The number of carbonyl (C=O) groups is 2. The van der Waals surface area contributed by atoms with Crippen molar-refractivity contribution >= 4 is 35.1 Å². The Morgan fingerprint density at radius 1 is 0.735 bits per heavy atom. The number of aromatic nitrogens is 4. The van der Waals surface area contributed by atoms with Crippen LogP contribution in [0, 0.1) is 0 Å². The molecule has 6 nitrogen and oxygen atoms in total. The normalized spacial score (nSPS) is 18.1. The van der Waals surface area contributed by atoms with Gasteiger partial charge in [0.15, 0.2) is 0 Å². The number of Topliss-reactive ketones (excluding diaryl/α,β-unsaturated/α-hetero) is 2. The summed E-state index contributed by atoms with van der Waals surface area (Å²) in [6, 6.07) is 8.24. The topological polar surface area (TPSA) is 85.7 Å². The van der Waals surface area contributed by atoms with Crippen LogP contribution in [0.4, 0.5) is 0 Å². The third-order valence-electron chi connectivity index (χ3n) is 6.48. The van der Waals surface area contributed by atoms with Gasteiger partial charge in [-0.3, -0.25) is 9.59 Å². The van der Waals surface area contributed by atoms with E-state index in [2.05, 4.69) is 32.5 Å². The first-order valence-corrected chi connectivity index (χ1v) is 15.0. The molecule has 0 bridgehead atoms. The van der Waals surface area contributed by atoms with Crippen molar-refractivity contribution in [1.29, 1.82) is 0 Å². The van der Waals surface area contributed by atoms with Crippen LogP contribution in [0.1, 0.15) is 86.0 Å². The maximum absolute atomic E-state index is 11.9. The SMILES string of the molecule is CSCCC(=O)CCc1ccc(C2CCCC(c3ccc(CCC(=O)CCSC)nn3)C2)nn1. The van der Waals surface area contributed by atoms with Gasteiger partial charge in [-0.25, -0.2) is 0 Å². The fourth-order valence-electron chi connectivity index (χ4n) is 4.39. The zero-order valence-electron chi connectivity index (χ0n) is 20.4. The second kappa shape index (κ2) is 14.6. The Bertz CT molecular complexity index is 833. The molecule has 2 aromatic rings. The third-order valence-corrected chi connectivity index (χ3v) is 7.71. The molecule has 3 rings (SSSR count). The Hall–Kier alpha value is -1.80. The molecule has 2 heterocycles. The first kappa shape index (κ1) is 26.8. The minimum atomic E-state index is 0.296. The monoisotopic (exact) mass is 500 g/mol. The van der Waals surface area contributed by atoms with E-state index in [-0.39, 0.29) is 0 Å². The zero-order valence-corrected chi connectivity index (χ0v) is 22.0. The van der Waals surface area contributed by atoms with Gasteiger partial charge in [0.25, 0.3) is 0 Å². The van der Waals surface area contributed by atoms with Crippen LogP contribution in [0.25, 0.3) is 0 Å². The molecule has 1 saturated carbocycles. The average Bonchev–Trinajstić information content (AvgIpc) is 2.89. The lowest BCUT2D eigenvalue weighted by molar-refractivity contribution is -0.119. The standard InChI is InChI=1S/C26H36N4O2S2/c1-33-16-14-23(31)10-6-21-8-12-25(29-27-21)19-4-3-5-20(18-19)26-13-9-22(28-30-26)7-11-24(32)15-17-34-2/h8-9,12-13,19-20H,3-7,10-11,14-18H2,1-2H3. The van der Waals surface area contributed by atoms with E-state index in [4.69, 9.17) is 0 Å². The number of carbonyl (C=O) groups excluding carboxylic acids is 2. The van der Waals surface area contributed by atoms with Crippen LogP contribution in [-0.2, 0) is 22.4 Å². The van der Waals surface area contributed by atoms with Crippen LogP contribution < -0.4 is 0 Å². The summed E-state index contributed by atoms with van der Waals surface area (Å²) in [4.78, 5) is 23.8. The van der Waals surface area contributed by atoms with Crippen molar-refractivity contribution < 1.29 is 9.59 Å². The van der Waals surface area contributed by atoms with E-state index in [1.54, 1.807) is 23.5 Å². The molecule has 0 spiro atoms. The van der Waals surface area contributed by atoms with Gasteiger partial charge in [0, 0.05) is 37.5 Å². The number of hydrogen-bond donors (Lipinski definition) is 0. The minimum absolute atomic E-state index is 0.296. The lowest BCUT2D eigenvalue weighted by Gasteiger charge is -2.28. The molecule has 8 heteroatoms. The number of hydrogen-bond acceptors (Lipinski definition) is 8. The predicted octanol–water partition coefficient (Wildman–Crippen LogP) is 5.22. The lowest BCUT2D eigenvalue weighted by Crippen LogP contribution is -2.16. The van der Waals surface area contributed by atoms with E-state index >= 15 is 0 Å². The zero-order chi connectivity index (χ0) is 24.2. The highest BCUT2D eigenvalue weighted by Crippen LogP contribution is 2.39. The fraction of sp³-hybridized carbons (Fsp3) is 0.615. The highest BCUT2D eigenvalue weighted by atomic mass is 32.2. The van der Waals surface area contributed by atoms with Crippen LogP contribution in [-0.4, -0.2) is 56.0 Å². The van der Waals surface area contributed by atoms with Crippen LogP contribution in [0.3, 0.4) is 0 Å². The van der Waals surface area contributed by atoms with Crippen LogP contribution in [0.15, 0.2) is 24.3 Å². The Morgan fingerprint density at radius 2 is 1.21 bits per heavy atom. The molecule has 1 fully saturated rings. The third kappa shape index (κ3) is 8.77. The van der Waals surface area contributed by atoms with Gasteiger partial charge in [0.1, 0.15) is 11.6 Å². The van der Waals surface area contributed by atoms with Crippen molar-refractivity contribution in [3.63, 3.8) is 0 Å². The summed E-state index contributed by atoms with van der Waals surface area (Å²) in [5.41, 5.74) is 3.86. The van der Waals surface area contributed by atoms with Crippen LogP contribution in [0.5, 0.6) is 0 Å². The van der Waals surface area contributed by atoms with E-state index in [1.165, 1.54) is 0 Å². The smallest absolute Gasteiger partial charge is 0.134 e. The number of ketones is 2. The second-order valence-corrected chi connectivity index (χ2v) is 11.0. The maximum atomic E-state index is 11.9. The molecule has 2 atom stereocenters. The van der Waals surface area contributed by atoms with Gasteiger partial charge in [-0.05, 0) is 80.4 Å². The van der Waals surface area contributed by atoms with E-state index in [1.807, 2.05) is 24.6 Å². The second-order valence-electron chi connectivity index (χ2n) is 9.02. The Morgan fingerprint density at radius 3 is 1.59 bits per heavy atom. The minimum Gasteiger partial charge on any atom is -0.300 e. The summed E-state index contributed by atoms with van der Waals surface area (Å²) in [6.07, 6.45) is 12.1. The van der Waals surface area contributed by atoms with Crippen molar-refractivity contribution in [3.05, 3.63) is 47.0 Å². The van der Waals surface area contributed by atoms with Gasteiger partial charge in [-0.15, -0.1) is 0 Å². The van der Waals surface area contributed by atoms with Crippen molar-refractivity contribution in [2.24, 2.45) is 0 Å². The largest absolute Gasteiger partial charge is 0.300 e. The van der Waals surface area contributed by atoms with E-state index in [9.17, 15) is 9.59 Å². The van der Waals surface area contributed by atoms with E-state index in [0.29, 0.717) is 61.9 Å². The molecule has 1 aliphatic rings. The number of aryl methyl sites for hydroxylation is 2. The molecular weight excluding hydrogens is 464 g/mol. The van der Waals surface area contributed by atoms with Crippen molar-refractivity contribution in [3.8, 4) is 0 Å². The van der Waals surface area contributed by atoms with Crippen molar-refractivity contribution in [1.82, 2.24) is 20.4 Å². The number of nitrogens with zero attached hydrogens (tertiary/aromatic N) is 4. The predicted molar refractivity (Wildman–Crippen MR) is 141 cm³/mol. The molecule has 1 aliphatic carbocycles. The summed E-state index contributed by atoms with van der Waals surface area (Å²) < 4.78 is 0. The number of thioether (sulfide) groups is 2. The highest BCUT2D eigenvalue weighted by molar-refractivity contribution is 7.98. The molecule has 2 aromatic heterocycles. The number of rotatable bonds is 14. The van der Waals surface area contributed by atoms with E-state index < -0.39 is 0 Å². The molecule has 2 unspecified atom stereocenters. The van der Waals surface area contributed by atoms with Gasteiger partial charge in [0.2, 0.25) is 0 Å². The Kier molecular flexibility index (Phi) is 11.5. The van der Waals surface area contributed by atoms with Gasteiger partial charge < -0.3 is 0 Å². The van der Waals surface area contributed by atoms with Crippen molar-refractivity contribution in [2.45, 2.75) is 76.0 Å². The summed E-state index contributed by atoms with van der Waals surface area (Å²) in [5, 5.41) is 17.8. The summed E-state index contributed by atoms with van der Waals surface area (Å²) in [5.74, 6) is 3.11. The average molecular weight is 501 g/mol. The molecule has 0 aromatic carbocycles. The quantitative estimate of drug-likeness (QED) is 0.349. The van der Waals surface area contributed by atoms with Gasteiger partial charge in [0.05, 0.1) is 22.8 Å². The maximum Gasteiger partial charge on any atom is 0.134 e. The summed E-state index contributed by atoms with van der Waals surface area (Å²) in [7, 11) is 0. The molecule has 34 heavy (non-hydrogen) atoms. The van der Waals surface area contributed by atoms with Gasteiger partial charge in [-0.1, -0.05) is 6.42 Å². The molecular formula is C26H36N4O2S2. The highest BCUT2D eigenvalue weighted by Gasteiger charge is 2.26. The van der Waals surface area contributed by atoms with Gasteiger partial charge in [-0.2, -0.15) is 43.9 Å². The molecule has 0 saturated heterocycles. The molecule has 184 valence electrons. The molecule has 0 radical (unpaired) electrons. The lowest BCUT2D eigenvalue weighted by atomic mass is 9.78. The molecule has 0 amide bonds. The Labute approximate surface area is 211 Å². The fourth-order valence-corrected chi connectivity index (χ4v) is 5.25. The Balaban J connectivity index is 1.50. The molecule has 0 N–H and O–H groups in total. The molecule has 0 aliphatic heterocycles.